The fraction of sp³-hybridized carbons (Fsp3) is 0.385. The van der Waals surface area contributed by atoms with E-state index in [1.54, 1.807) is 13.8 Å². The Balaban J connectivity index is 3.13. The Morgan fingerprint density at radius 3 is 2.38 bits per heavy atom. The van der Waals surface area contributed by atoms with Crippen LogP contribution < -0.4 is 4.72 Å². The Kier molecular flexibility index (Phi) is 5.45. The van der Waals surface area contributed by atoms with E-state index in [1.165, 1.54) is 18.2 Å². The van der Waals surface area contributed by atoms with E-state index in [0.717, 1.165) is 13.2 Å². The summed E-state index contributed by atoms with van der Waals surface area (Å²) >= 11 is 0. The minimum Gasteiger partial charge on any atom is -0.478 e. The molecule has 0 saturated heterocycles. The van der Waals surface area contributed by atoms with Crippen LogP contribution in [0.2, 0.25) is 0 Å². The summed E-state index contributed by atoms with van der Waals surface area (Å²) in [5.41, 5.74) is -0.156. The highest BCUT2D eigenvalue weighted by molar-refractivity contribution is 7.89. The number of carbonyl (C=O) groups is 2. The van der Waals surface area contributed by atoms with Gasteiger partial charge >= 0.3 is 11.9 Å². The number of rotatable bonds is 6. The number of hydrogen-bond donors (Lipinski definition) is 2. The van der Waals surface area contributed by atoms with Gasteiger partial charge in [-0.1, -0.05) is 19.9 Å². The Hall–Kier alpha value is -1.93. The molecule has 0 unspecified atom stereocenters. The molecule has 116 valence electrons. The molecular weight excluding hydrogens is 298 g/mol. The van der Waals surface area contributed by atoms with Gasteiger partial charge in [-0.05, 0) is 24.1 Å². The van der Waals surface area contributed by atoms with Crippen LogP contribution in [0.25, 0.3) is 0 Å². The molecule has 1 atom stereocenters. The molecule has 0 aromatic heterocycles. The molecule has 8 heteroatoms. The molecular formula is C13H17NO6S. The van der Waals surface area contributed by atoms with Crippen LogP contribution in [-0.4, -0.2) is 38.6 Å². The van der Waals surface area contributed by atoms with E-state index in [2.05, 4.69) is 9.46 Å². The average Bonchev–Trinajstić information content (AvgIpc) is 2.43. The third-order valence-corrected chi connectivity index (χ3v) is 4.23. The molecule has 2 N–H and O–H groups in total. The largest absolute Gasteiger partial charge is 0.478 e. The Morgan fingerprint density at radius 2 is 1.90 bits per heavy atom. The second-order valence-corrected chi connectivity index (χ2v) is 6.41. The minimum atomic E-state index is -4.03. The van der Waals surface area contributed by atoms with Gasteiger partial charge in [0, 0.05) is 0 Å². The zero-order valence-electron chi connectivity index (χ0n) is 11.9. The molecule has 0 aliphatic carbocycles. The van der Waals surface area contributed by atoms with Crippen LogP contribution in [0.1, 0.15) is 24.2 Å². The lowest BCUT2D eigenvalue weighted by Gasteiger charge is -2.19. The average molecular weight is 315 g/mol. The predicted molar refractivity (Wildman–Crippen MR) is 74.4 cm³/mol. The van der Waals surface area contributed by atoms with Gasteiger partial charge in [0.15, 0.2) is 0 Å². The molecule has 0 fully saturated rings. The fourth-order valence-corrected chi connectivity index (χ4v) is 2.99. The molecule has 0 aliphatic rings. The number of methoxy groups -OCH3 is 1. The van der Waals surface area contributed by atoms with Crippen molar-refractivity contribution in [1.82, 2.24) is 4.72 Å². The predicted octanol–water partition coefficient (Wildman–Crippen LogP) is 0.861. The third kappa shape index (κ3) is 4.27. The van der Waals surface area contributed by atoms with Gasteiger partial charge in [-0.15, -0.1) is 0 Å². The van der Waals surface area contributed by atoms with Crippen molar-refractivity contribution in [3.8, 4) is 0 Å². The van der Waals surface area contributed by atoms with Crippen molar-refractivity contribution in [3.63, 3.8) is 0 Å². The first-order valence-corrected chi connectivity index (χ1v) is 7.61. The maximum absolute atomic E-state index is 12.2. The molecule has 0 bridgehead atoms. The van der Waals surface area contributed by atoms with Crippen LogP contribution in [0.3, 0.4) is 0 Å². The summed E-state index contributed by atoms with van der Waals surface area (Å²) in [5.74, 6) is -2.27. The highest BCUT2D eigenvalue weighted by Crippen LogP contribution is 2.14. The molecule has 0 saturated carbocycles. The molecule has 0 radical (unpaired) electrons. The lowest BCUT2D eigenvalue weighted by molar-refractivity contribution is -0.143. The molecule has 7 nitrogen and oxygen atoms in total. The standard InChI is InChI=1S/C13H17NO6S/c1-8(2)11(13(17)20-3)14-21(18,19)10-6-4-5-9(7-10)12(15)16/h4-8,11,14H,1-3H3,(H,15,16)/t11-/m0/s1. The van der Waals surface area contributed by atoms with Gasteiger partial charge in [0.25, 0.3) is 0 Å². The second kappa shape index (κ2) is 6.68. The van der Waals surface area contributed by atoms with Crippen molar-refractivity contribution < 1.29 is 27.9 Å². The normalized spacial score (nSPS) is 13.0. The molecule has 0 aliphatic heterocycles. The summed E-state index contributed by atoms with van der Waals surface area (Å²) in [4.78, 5) is 22.2. The van der Waals surface area contributed by atoms with E-state index >= 15 is 0 Å². The Labute approximate surface area is 123 Å². The van der Waals surface area contributed by atoms with Gasteiger partial charge in [0.05, 0.1) is 17.6 Å². The van der Waals surface area contributed by atoms with Crippen molar-refractivity contribution in [3.05, 3.63) is 29.8 Å². The highest BCUT2D eigenvalue weighted by Gasteiger charge is 2.29. The van der Waals surface area contributed by atoms with Crippen molar-refractivity contribution >= 4 is 22.0 Å². The molecule has 0 heterocycles. The van der Waals surface area contributed by atoms with Crippen LogP contribution in [0.15, 0.2) is 29.2 Å². The van der Waals surface area contributed by atoms with Crippen LogP contribution in [0.4, 0.5) is 0 Å². The lowest BCUT2D eigenvalue weighted by Crippen LogP contribution is -2.44. The maximum Gasteiger partial charge on any atom is 0.335 e. The van der Waals surface area contributed by atoms with Gasteiger partial charge in [0.1, 0.15) is 6.04 Å². The smallest absolute Gasteiger partial charge is 0.335 e. The first-order chi connectivity index (χ1) is 9.69. The van der Waals surface area contributed by atoms with Crippen molar-refractivity contribution in [2.45, 2.75) is 24.8 Å². The van der Waals surface area contributed by atoms with E-state index in [1.807, 2.05) is 0 Å². The number of benzene rings is 1. The number of nitrogens with one attached hydrogen (secondary N) is 1. The highest BCUT2D eigenvalue weighted by atomic mass is 32.2. The summed E-state index contributed by atoms with van der Waals surface area (Å²) in [6.45, 7) is 3.33. The fourth-order valence-electron chi connectivity index (χ4n) is 1.61. The van der Waals surface area contributed by atoms with Gasteiger partial charge in [-0.25, -0.2) is 13.2 Å². The van der Waals surface area contributed by atoms with Gasteiger partial charge < -0.3 is 9.84 Å². The van der Waals surface area contributed by atoms with Crippen molar-refractivity contribution in [1.29, 1.82) is 0 Å². The Bertz CT molecular complexity index is 638. The number of hydrogen-bond acceptors (Lipinski definition) is 5. The van der Waals surface area contributed by atoms with Crippen LogP contribution in [0.5, 0.6) is 0 Å². The zero-order chi connectivity index (χ0) is 16.2. The SMILES string of the molecule is COC(=O)[C@@H](NS(=O)(=O)c1cccc(C(=O)O)c1)C(C)C. The zero-order valence-corrected chi connectivity index (χ0v) is 12.7. The molecule has 1 rings (SSSR count). The Morgan fingerprint density at radius 1 is 1.29 bits per heavy atom. The van der Waals surface area contributed by atoms with E-state index in [-0.39, 0.29) is 16.4 Å². The molecule has 21 heavy (non-hydrogen) atoms. The number of carboxylic acid groups (broad SMARTS) is 1. The second-order valence-electron chi connectivity index (χ2n) is 4.70. The number of sulfonamides is 1. The molecule has 0 amide bonds. The quantitative estimate of drug-likeness (QED) is 0.753. The van der Waals surface area contributed by atoms with E-state index in [9.17, 15) is 18.0 Å². The number of carboxylic acids is 1. The number of aromatic carboxylic acids is 1. The van der Waals surface area contributed by atoms with Gasteiger partial charge in [0.2, 0.25) is 10.0 Å². The van der Waals surface area contributed by atoms with Gasteiger partial charge in [-0.2, -0.15) is 4.72 Å². The first-order valence-electron chi connectivity index (χ1n) is 6.12. The molecule has 0 spiro atoms. The third-order valence-electron chi connectivity index (χ3n) is 2.80. The van der Waals surface area contributed by atoms with Crippen molar-refractivity contribution in [2.75, 3.05) is 7.11 Å². The number of carbonyl (C=O) groups excluding carboxylic acids is 1. The van der Waals surface area contributed by atoms with Crippen molar-refractivity contribution in [2.24, 2.45) is 5.92 Å². The lowest BCUT2D eigenvalue weighted by atomic mass is 10.1. The monoisotopic (exact) mass is 315 g/mol. The van der Waals surface area contributed by atoms with Crippen LogP contribution in [0, 0.1) is 5.92 Å². The minimum absolute atomic E-state index is 0.156. The van der Waals surface area contributed by atoms with Crippen LogP contribution >= 0.6 is 0 Å². The van der Waals surface area contributed by atoms with E-state index < -0.39 is 28.0 Å². The number of esters is 1. The molecule has 1 aromatic rings. The number of ether oxygens (including phenoxy) is 1. The maximum atomic E-state index is 12.2. The summed E-state index contributed by atoms with van der Waals surface area (Å²) in [6.07, 6.45) is 0. The first kappa shape index (κ1) is 17.1. The summed E-state index contributed by atoms with van der Waals surface area (Å²) < 4.78 is 31.2. The molecule has 1 aromatic carbocycles. The summed E-state index contributed by atoms with van der Waals surface area (Å²) in [5, 5.41) is 8.88. The van der Waals surface area contributed by atoms with Crippen LogP contribution in [-0.2, 0) is 19.6 Å². The van der Waals surface area contributed by atoms with E-state index in [4.69, 9.17) is 5.11 Å². The van der Waals surface area contributed by atoms with E-state index in [0.29, 0.717) is 0 Å². The topological polar surface area (TPSA) is 110 Å². The van der Waals surface area contributed by atoms with Gasteiger partial charge in [-0.3, -0.25) is 4.79 Å². The summed E-state index contributed by atoms with van der Waals surface area (Å²) in [6, 6.07) is 3.83. The summed E-state index contributed by atoms with van der Waals surface area (Å²) in [7, 11) is -2.87.